The molecule has 1 saturated heterocycles. The van der Waals surface area contributed by atoms with E-state index in [1.807, 2.05) is 0 Å². The zero-order valence-corrected chi connectivity index (χ0v) is 23.5. The van der Waals surface area contributed by atoms with Crippen LogP contribution in [0.4, 0.5) is 0 Å². The van der Waals surface area contributed by atoms with Gasteiger partial charge in [-0.2, -0.15) is 0 Å². The van der Waals surface area contributed by atoms with Crippen molar-refractivity contribution in [2.75, 3.05) is 19.8 Å². The monoisotopic (exact) mass is 522 g/mol. The van der Waals surface area contributed by atoms with Gasteiger partial charge in [0.25, 0.3) is 0 Å². The highest BCUT2D eigenvalue weighted by Crippen LogP contribution is 2.65. The van der Waals surface area contributed by atoms with Gasteiger partial charge in [-0.15, -0.1) is 0 Å². The average molecular weight is 523 g/mol. The van der Waals surface area contributed by atoms with Crippen molar-refractivity contribution in [3.63, 3.8) is 0 Å². The number of hydrogen-bond donors (Lipinski definition) is 1. The van der Waals surface area contributed by atoms with Crippen molar-refractivity contribution in [3.05, 3.63) is 46.5 Å². The molecule has 0 bridgehead atoms. The lowest BCUT2D eigenvalue weighted by Crippen LogP contribution is -2.52. The van der Waals surface area contributed by atoms with Crippen molar-refractivity contribution in [1.29, 1.82) is 0 Å². The van der Waals surface area contributed by atoms with Crippen LogP contribution in [0.5, 0.6) is 0 Å². The van der Waals surface area contributed by atoms with Gasteiger partial charge < -0.3 is 24.1 Å². The lowest BCUT2D eigenvalue weighted by atomic mass is 9.52. The third-order valence-electron chi connectivity index (χ3n) is 10.8. The van der Waals surface area contributed by atoms with Crippen molar-refractivity contribution < 1.29 is 24.1 Å². The molecule has 1 aromatic rings. The number of rotatable bonds is 6. The molecule has 6 rings (SSSR count). The van der Waals surface area contributed by atoms with Crippen LogP contribution in [0.1, 0.15) is 95.6 Å². The fraction of sp³-hybridized carbons (Fsp3) is 0.727. The Labute approximate surface area is 228 Å². The molecule has 1 spiro atoms. The second kappa shape index (κ2) is 10.1. The molecule has 38 heavy (non-hydrogen) atoms. The van der Waals surface area contributed by atoms with Crippen molar-refractivity contribution in [3.8, 4) is 0 Å². The zero-order valence-electron chi connectivity index (χ0n) is 23.5. The van der Waals surface area contributed by atoms with Crippen LogP contribution in [0.2, 0.25) is 0 Å². The first kappa shape index (κ1) is 26.7. The quantitative estimate of drug-likeness (QED) is 0.269. The van der Waals surface area contributed by atoms with E-state index in [9.17, 15) is 9.90 Å². The first-order valence-electron chi connectivity index (χ1n) is 15.0. The maximum atomic E-state index is 11.2. The van der Waals surface area contributed by atoms with E-state index in [0.29, 0.717) is 43.3 Å². The summed E-state index contributed by atoms with van der Waals surface area (Å²) in [5, 5.41) is 11.2. The summed E-state index contributed by atoms with van der Waals surface area (Å²) in [7, 11) is 0. The van der Waals surface area contributed by atoms with E-state index in [-0.39, 0.29) is 16.9 Å². The Kier molecular flexibility index (Phi) is 7.12. The van der Waals surface area contributed by atoms with Crippen molar-refractivity contribution in [2.45, 2.75) is 103 Å². The smallest absolute Gasteiger partial charge is 0.169 e. The molecule has 5 aliphatic rings. The van der Waals surface area contributed by atoms with Gasteiger partial charge in [0.15, 0.2) is 5.79 Å². The molecule has 0 radical (unpaired) electrons. The molecule has 6 unspecified atom stereocenters. The van der Waals surface area contributed by atoms with Crippen molar-refractivity contribution >= 4 is 6.29 Å². The summed E-state index contributed by atoms with van der Waals surface area (Å²) in [6, 6.07) is 8.97. The second-order valence-electron chi connectivity index (χ2n) is 13.9. The number of hydrogen-bond acceptors (Lipinski definition) is 5. The molecule has 1 heterocycles. The summed E-state index contributed by atoms with van der Waals surface area (Å²) in [6.07, 6.45) is 9.72. The van der Waals surface area contributed by atoms with Crippen molar-refractivity contribution in [2.24, 2.45) is 28.6 Å². The summed E-state index contributed by atoms with van der Waals surface area (Å²) < 4.78 is 18.6. The minimum Gasteiger partial charge on any atom is -0.393 e. The first-order chi connectivity index (χ1) is 18.2. The van der Waals surface area contributed by atoms with Gasteiger partial charge >= 0.3 is 0 Å². The van der Waals surface area contributed by atoms with E-state index in [4.69, 9.17) is 14.2 Å². The maximum absolute atomic E-state index is 11.2. The predicted octanol–water partition coefficient (Wildman–Crippen LogP) is 6.33. The maximum Gasteiger partial charge on any atom is 0.169 e. The van der Waals surface area contributed by atoms with Gasteiger partial charge in [-0.1, -0.05) is 56.2 Å². The number of allylic oxidation sites excluding steroid dienone is 2. The summed E-state index contributed by atoms with van der Waals surface area (Å²) in [6.45, 7) is 9.38. The largest absolute Gasteiger partial charge is 0.393 e. The highest BCUT2D eigenvalue weighted by atomic mass is 16.7. The average Bonchev–Trinajstić information content (AvgIpc) is 3.22. The van der Waals surface area contributed by atoms with Crippen LogP contribution in [0.3, 0.4) is 0 Å². The lowest BCUT2D eigenvalue weighted by Gasteiger charge is -2.55. The summed E-state index contributed by atoms with van der Waals surface area (Å²) in [5.74, 6) is 1.67. The highest BCUT2D eigenvalue weighted by molar-refractivity contribution is 5.49. The molecule has 4 fully saturated rings. The number of benzene rings is 1. The molecule has 6 atom stereocenters. The van der Waals surface area contributed by atoms with E-state index < -0.39 is 5.79 Å². The van der Waals surface area contributed by atoms with Gasteiger partial charge in [-0.25, -0.2) is 0 Å². The molecule has 4 aliphatic carbocycles. The molecule has 5 heteroatoms. The fourth-order valence-corrected chi connectivity index (χ4v) is 8.67. The Balaban J connectivity index is 1.30. The standard InChI is InChI=1S/C33H46O5/c1-31(2)20-37-33(38-21-31)14-13-25-24(17-33)9-10-26-28-11-12-29(35)32(28,3)18-27(30(25)26)23-7-5-22(6-8-23)19-36-16-4-15-34/h5-8,15,24,26-29,35H,4,9-14,16-21H2,1-3H3. The van der Waals surface area contributed by atoms with Crippen LogP contribution < -0.4 is 0 Å². The van der Waals surface area contributed by atoms with Gasteiger partial charge in [0.2, 0.25) is 0 Å². The highest BCUT2D eigenvalue weighted by Gasteiger charge is 2.57. The summed E-state index contributed by atoms with van der Waals surface area (Å²) in [5.41, 5.74) is 6.00. The SMILES string of the molecule is CC1(C)COC2(CCC3=C4C(c5ccc(COCCC=O)cc5)CC5(C)C(O)CCC5C4CCC3C2)OC1. The minimum atomic E-state index is -0.398. The number of carbonyl (C=O) groups is 1. The third kappa shape index (κ3) is 4.72. The fourth-order valence-electron chi connectivity index (χ4n) is 8.67. The van der Waals surface area contributed by atoms with Gasteiger partial charge in [-0.3, -0.25) is 0 Å². The molecular weight excluding hydrogens is 476 g/mol. The number of aliphatic hydroxyl groups is 1. The Morgan fingerprint density at radius 2 is 1.79 bits per heavy atom. The van der Waals surface area contributed by atoms with Crippen LogP contribution >= 0.6 is 0 Å². The van der Waals surface area contributed by atoms with Gasteiger partial charge in [0.05, 0.1) is 32.5 Å². The second-order valence-corrected chi connectivity index (χ2v) is 13.9. The van der Waals surface area contributed by atoms with Crippen LogP contribution in [0.15, 0.2) is 35.4 Å². The molecule has 1 aromatic carbocycles. The first-order valence-corrected chi connectivity index (χ1v) is 15.0. The van der Waals surface area contributed by atoms with Crippen LogP contribution in [-0.4, -0.2) is 43.1 Å². The minimum absolute atomic E-state index is 0.0140. The number of carbonyl (C=O) groups excluding carboxylic acids is 1. The van der Waals surface area contributed by atoms with E-state index >= 15 is 0 Å². The Morgan fingerprint density at radius 1 is 1.03 bits per heavy atom. The Hall–Kier alpha value is -1.53. The van der Waals surface area contributed by atoms with Crippen LogP contribution in [-0.2, 0) is 25.6 Å². The van der Waals surface area contributed by atoms with Crippen molar-refractivity contribution in [1.82, 2.24) is 0 Å². The van der Waals surface area contributed by atoms with E-state index in [0.717, 1.165) is 63.6 Å². The van der Waals surface area contributed by atoms with E-state index in [1.165, 1.54) is 18.4 Å². The molecule has 1 N–H and O–H groups in total. The van der Waals surface area contributed by atoms with Gasteiger partial charge in [0.1, 0.15) is 6.29 Å². The lowest BCUT2D eigenvalue weighted by molar-refractivity contribution is -0.312. The summed E-state index contributed by atoms with van der Waals surface area (Å²) in [4.78, 5) is 10.6. The number of aliphatic hydroxyl groups excluding tert-OH is 1. The Morgan fingerprint density at radius 3 is 2.53 bits per heavy atom. The molecule has 1 aliphatic heterocycles. The predicted molar refractivity (Wildman–Crippen MR) is 146 cm³/mol. The molecule has 208 valence electrons. The summed E-state index contributed by atoms with van der Waals surface area (Å²) >= 11 is 0. The Bertz CT molecular complexity index is 1050. The van der Waals surface area contributed by atoms with Gasteiger partial charge in [-0.05, 0) is 72.8 Å². The van der Waals surface area contributed by atoms with E-state index in [1.54, 1.807) is 11.1 Å². The van der Waals surface area contributed by atoms with Gasteiger partial charge in [0, 0.05) is 30.6 Å². The molecule has 5 nitrogen and oxygen atoms in total. The molecular formula is C33H46O5. The number of ether oxygens (including phenoxy) is 3. The topological polar surface area (TPSA) is 65.0 Å². The normalized spacial score (nSPS) is 37.4. The van der Waals surface area contributed by atoms with Crippen LogP contribution in [0, 0.1) is 28.6 Å². The zero-order chi connectivity index (χ0) is 26.5. The molecule has 3 saturated carbocycles. The third-order valence-corrected chi connectivity index (χ3v) is 10.8. The molecule has 0 aromatic heterocycles. The number of aldehydes is 1. The van der Waals surface area contributed by atoms with E-state index in [2.05, 4.69) is 45.0 Å². The number of fused-ring (bicyclic) bond motifs is 4. The van der Waals surface area contributed by atoms with Crippen LogP contribution in [0.25, 0.3) is 0 Å². The molecule has 0 amide bonds.